The van der Waals surface area contributed by atoms with Crippen LogP contribution >= 0.6 is 46.5 Å². The largest absolute Gasteiger partial charge is 0.477 e. The molecule has 4 N–H and O–H groups in total. The number of fused-ring (bicyclic) bond motifs is 1. The van der Waals surface area contributed by atoms with E-state index in [0.717, 1.165) is 16.2 Å². The van der Waals surface area contributed by atoms with Crippen LogP contribution in [0.2, 0.25) is 4.34 Å². The van der Waals surface area contributed by atoms with Crippen molar-refractivity contribution >= 4 is 81.8 Å². The van der Waals surface area contributed by atoms with Crippen molar-refractivity contribution in [2.45, 2.75) is 43.8 Å². The average molecular weight is 594 g/mol. The van der Waals surface area contributed by atoms with Gasteiger partial charge in [-0.05, 0) is 27.0 Å². The van der Waals surface area contributed by atoms with Crippen molar-refractivity contribution in [2.24, 2.45) is 0 Å². The number of amides is 3. The predicted molar refractivity (Wildman–Crippen MR) is 138 cm³/mol. The first-order valence-corrected chi connectivity index (χ1v) is 14.1. The highest BCUT2D eigenvalue weighted by molar-refractivity contribution is 8.05. The lowest BCUT2D eigenvalue weighted by Gasteiger charge is -2.49. The maximum absolute atomic E-state index is 13.3. The number of nitrogens with one attached hydrogen (secondary N) is 3. The highest BCUT2D eigenvalue weighted by Crippen LogP contribution is 2.43. The second-order valence-electron chi connectivity index (χ2n) is 8.54. The van der Waals surface area contributed by atoms with Crippen molar-refractivity contribution in [3.63, 3.8) is 0 Å². The van der Waals surface area contributed by atoms with E-state index in [9.17, 15) is 29.1 Å². The van der Waals surface area contributed by atoms with Crippen LogP contribution in [0, 0.1) is 0 Å². The number of esters is 1. The summed E-state index contributed by atoms with van der Waals surface area (Å²) in [6.45, 7) is 4.49. The molecular formula is C20H24ClN5O8S3. The number of hydrogen-bond donors (Lipinski definition) is 4. The van der Waals surface area contributed by atoms with Crippen LogP contribution in [-0.2, 0) is 33.5 Å². The number of rotatable bonds is 11. The molecule has 13 nitrogen and oxygen atoms in total. The zero-order valence-electron chi connectivity index (χ0n) is 20.0. The van der Waals surface area contributed by atoms with Crippen molar-refractivity contribution in [3.8, 4) is 0 Å². The Labute approximate surface area is 229 Å². The van der Waals surface area contributed by atoms with Gasteiger partial charge in [0.05, 0.1) is 0 Å². The number of carbonyl (C=O) groups excluding carboxylic acids is 4. The van der Waals surface area contributed by atoms with Crippen LogP contribution in [0.4, 0.5) is 5.13 Å². The number of β-lactam (4-membered cyclic amide) rings is 1. The summed E-state index contributed by atoms with van der Waals surface area (Å²) in [5, 5.41) is 14.0. The monoisotopic (exact) mass is 593 g/mol. The number of carboxylic acid groups (broad SMARTS) is 1. The van der Waals surface area contributed by atoms with Crippen molar-refractivity contribution in [1.82, 2.24) is 20.7 Å². The molecule has 1 fully saturated rings. The number of thioether (sulfide) groups is 2. The predicted octanol–water partition coefficient (Wildman–Crippen LogP) is 1.33. The van der Waals surface area contributed by atoms with Gasteiger partial charge < -0.3 is 20.5 Å². The van der Waals surface area contributed by atoms with Gasteiger partial charge in [-0.2, -0.15) is 5.48 Å². The highest BCUT2D eigenvalue weighted by Gasteiger charge is 2.54. The molecule has 2 aliphatic heterocycles. The molecule has 0 bridgehead atoms. The molecule has 1 saturated heterocycles. The number of hydroxylamine groups is 1. The third-order valence-corrected chi connectivity index (χ3v) is 8.33. The lowest BCUT2D eigenvalue weighted by molar-refractivity contribution is -0.165. The molecule has 3 amide bonds. The summed E-state index contributed by atoms with van der Waals surface area (Å²) < 4.78 is 5.21. The van der Waals surface area contributed by atoms with Crippen molar-refractivity contribution < 1.29 is 38.7 Å². The summed E-state index contributed by atoms with van der Waals surface area (Å²) in [7, 11) is 0. The Morgan fingerprint density at radius 3 is 2.68 bits per heavy atom. The molecule has 0 radical (unpaired) electrons. The van der Waals surface area contributed by atoms with Crippen molar-refractivity contribution in [1.29, 1.82) is 0 Å². The molecule has 3 rings (SSSR count). The Bertz CT molecular complexity index is 1140. The quantitative estimate of drug-likeness (QED) is 0.125. The van der Waals surface area contributed by atoms with Crippen LogP contribution in [0.3, 0.4) is 0 Å². The van der Waals surface area contributed by atoms with Crippen LogP contribution in [-0.4, -0.2) is 80.8 Å². The van der Waals surface area contributed by atoms with E-state index in [4.69, 9.17) is 21.2 Å². The molecule has 1 aromatic rings. The minimum Gasteiger partial charge on any atom is -0.477 e. The number of carboxylic acids is 1. The fourth-order valence-corrected chi connectivity index (χ4v) is 6.68. The molecule has 2 unspecified atom stereocenters. The number of ether oxygens (including phenoxy) is 1. The average Bonchev–Trinajstić information content (AvgIpc) is 3.17. The third kappa shape index (κ3) is 6.74. The van der Waals surface area contributed by atoms with Crippen molar-refractivity contribution in [3.05, 3.63) is 20.6 Å². The van der Waals surface area contributed by atoms with Gasteiger partial charge in [0.2, 0.25) is 12.3 Å². The molecule has 0 saturated carbocycles. The van der Waals surface area contributed by atoms with E-state index in [1.165, 1.54) is 23.5 Å². The summed E-state index contributed by atoms with van der Waals surface area (Å²) in [5.74, 6) is -2.93. The zero-order chi connectivity index (χ0) is 27.5. The molecule has 0 aromatic carbocycles. The smallest absolute Gasteiger partial charge is 0.353 e. The Morgan fingerprint density at radius 1 is 1.38 bits per heavy atom. The van der Waals surface area contributed by atoms with E-state index in [1.807, 2.05) is 0 Å². The first-order valence-electron chi connectivity index (χ1n) is 10.6. The molecule has 37 heavy (non-hydrogen) atoms. The first-order chi connectivity index (χ1) is 17.4. The Morgan fingerprint density at radius 2 is 2.08 bits per heavy atom. The van der Waals surface area contributed by atoms with Gasteiger partial charge in [0.1, 0.15) is 32.7 Å². The number of nitrogens with zero attached hydrogens (tertiary/aromatic N) is 2. The van der Waals surface area contributed by atoms with Gasteiger partial charge in [0.25, 0.3) is 5.91 Å². The van der Waals surface area contributed by atoms with Gasteiger partial charge in [-0.15, -0.1) is 23.5 Å². The summed E-state index contributed by atoms with van der Waals surface area (Å²) in [5.41, 5.74) is 1.55. The molecule has 1 aromatic heterocycles. The second kappa shape index (κ2) is 12.0. The summed E-state index contributed by atoms with van der Waals surface area (Å²) in [4.78, 5) is 71.7. The van der Waals surface area contributed by atoms with E-state index in [0.29, 0.717) is 17.1 Å². The Balaban J connectivity index is 1.76. The SMILES string of the molecule is CSC1=C(C(=O)O)N2C(=O)C(NC(=O)C(NOCC(=O)OC(C)(C)C)c3nc(NC=O)sc3Cl)[C@H]2SC1. The Hall–Kier alpha value is -2.37. The first kappa shape index (κ1) is 29.2. The van der Waals surface area contributed by atoms with E-state index in [-0.39, 0.29) is 20.9 Å². The molecule has 0 aliphatic carbocycles. The van der Waals surface area contributed by atoms with E-state index in [2.05, 4.69) is 21.1 Å². The normalized spacial score (nSPS) is 20.0. The number of aromatic nitrogens is 1. The van der Waals surface area contributed by atoms with Gasteiger partial charge in [-0.3, -0.25) is 24.1 Å². The van der Waals surface area contributed by atoms with Crippen LogP contribution in [0.15, 0.2) is 10.6 Å². The molecule has 17 heteroatoms. The fraction of sp³-hybridized carbons (Fsp3) is 0.500. The van der Waals surface area contributed by atoms with E-state index in [1.54, 1.807) is 27.0 Å². The summed E-state index contributed by atoms with van der Waals surface area (Å²) in [6, 6.07) is -2.41. The second-order valence-corrected chi connectivity index (χ2v) is 12.2. The number of carbonyl (C=O) groups is 5. The molecule has 202 valence electrons. The van der Waals surface area contributed by atoms with Crippen LogP contribution < -0.4 is 16.1 Å². The number of thiazole rings is 1. The zero-order valence-corrected chi connectivity index (χ0v) is 23.2. The molecule has 2 aliphatic rings. The topological polar surface area (TPSA) is 176 Å². The maximum Gasteiger partial charge on any atom is 0.353 e. The third-order valence-electron chi connectivity index (χ3n) is 4.82. The number of hydrogen-bond acceptors (Lipinski definition) is 12. The van der Waals surface area contributed by atoms with Crippen LogP contribution in [0.1, 0.15) is 32.5 Å². The maximum atomic E-state index is 13.3. The fourth-order valence-electron chi connectivity index (χ4n) is 3.38. The number of halogens is 1. The minimum atomic E-state index is -1.39. The van der Waals surface area contributed by atoms with Crippen LogP contribution in [0.25, 0.3) is 0 Å². The molecule has 3 heterocycles. The number of aliphatic carboxylic acids is 1. The van der Waals surface area contributed by atoms with E-state index < -0.39 is 53.4 Å². The summed E-state index contributed by atoms with van der Waals surface area (Å²) >= 11 is 9.69. The standard InChI is InChI=1S/C20H24ClN5O8S3/c1-20(2,3)34-9(28)5-33-25-11(10-14(21)37-19(24-10)22-7-27)15(29)23-12-16(30)26-13(18(31)32)8(35-4)6-36-17(12)26/h7,11-12,17,25H,5-6H2,1-4H3,(H,23,29)(H,31,32)(H,22,24,27)/t11?,12?,17-/m1/s1. The highest BCUT2D eigenvalue weighted by atomic mass is 35.5. The van der Waals surface area contributed by atoms with Crippen LogP contribution in [0.5, 0.6) is 0 Å². The van der Waals surface area contributed by atoms with Gasteiger partial charge in [0.15, 0.2) is 17.8 Å². The van der Waals surface area contributed by atoms with Crippen molar-refractivity contribution in [2.75, 3.05) is 23.9 Å². The van der Waals surface area contributed by atoms with Gasteiger partial charge in [-0.1, -0.05) is 22.9 Å². The Kier molecular flexibility index (Phi) is 9.47. The minimum absolute atomic E-state index is 0.0200. The molecule has 0 spiro atoms. The van der Waals surface area contributed by atoms with Gasteiger partial charge >= 0.3 is 11.9 Å². The van der Waals surface area contributed by atoms with Gasteiger partial charge in [0, 0.05) is 10.7 Å². The molecule has 3 atom stereocenters. The lowest BCUT2D eigenvalue weighted by atomic mass is 10.0. The lowest BCUT2D eigenvalue weighted by Crippen LogP contribution is -2.71. The number of anilines is 1. The van der Waals surface area contributed by atoms with Gasteiger partial charge in [-0.25, -0.2) is 14.6 Å². The molecular weight excluding hydrogens is 570 g/mol. The summed E-state index contributed by atoms with van der Waals surface area (Å²) in [6.07, 6.45) is 2.11. The van der Waals surface area contributed by atoms with E-state index >= 15 is 0 Å².